The maximum Gasteiger partial charge on any atom is 0.271 e. The Morgan fingerprint density at radius 1 is 1.13 bits per heavy atom. The van der Waals surface area contributed by atoms with Gasteiger partial charge in [0.1, 0.15) is 5.69 Å². The first-order valence-corrected chi connectivity index (χ1v) is 14.7. The van der Waals surface area contributed by atoms with Gasteiger partial charge in [-0.15, -0.1) is 0 Å². The predicted molar refractivity (Wildman–Crippen MR) is 149 cm³/mol. The summed E-state index contributed by atoms with van der Waals surface area (Å²) in [6, 6.07) is 8.35. The number of amides is 1. The average Bonchev–Trinajstić information content (AvgIpc) is 3.48. The highest BCUT2D eigenvalue weighted by atomic mass is 35.5. The second-order valence-corrected chi connectivity index (χ2v) is 12.7. The molecule has 3 N–H and O–H groups in total. The van der Waals surface area contributed by atoms with Gasteiger partial charge in [-0.1, -0.05) is 24.6 Å². The van der Waals surface area contributed by atoms with Crippen molar-refractivity contribution >= 4 is 23.2 Å². The molecule has 4 aliphatic carbocycles. The number of pyridine rings is 1. The highest BCUT2D eigenvalue weighted by molar-refractivity contribution is 6.30. The minimum Gasteiger partial charge on any atom is -0.324 e. The molecule has 1 fully saturated rings. The number of nitrogens with zero attached hydrogens (tertiary/aromatic N) is 1. The Bertz CT molecular complexity index is 1470. The number of hydrogen-bond donors (Lipinski definition) is 3. The van der Waals surface area contributed by atoms with Gasteiger partial charge in [0.15, 0.2) is 0 Å². The van der Waals surface area contributed by atoms with Gasteiger partial charge in [-0.05, 0) is 122 Å². The molecule has 0 bridgehead atoms. The highest BCUT2D eigenvalue weighted by Gasteiger charge is 2.58. The zero-order chi connectivity index (χ0) is 26.0. The van der Waals surface area contributed by atoms with E-state index in [-0.39, 0.29) is 22.8 Å². The van der Waals surface area contributed by atoms with Crippen LogP contribution in [0.3, 0.4) is 0 Å². The number of hydrogen-bond acceptors (Lipinski definition) is 3. The third-order valence-electron chi connectivity index (χ3n) is 10.3. The fraction of sp³-hybridized carbons (Fsp3) is 0.516. The van der Waals surface area contributed by atoms with E-state index >= 15 is 0 Å². The molecule has 5 atom stereocenters. The van der Waals surface area contributed by atoms with E-state index in [9.17, 15) is 9.59 Å². The fourth-order valence-corrected chi connectivity index (χ4v) is 8.85. The van der Waals surface area contributed by atoms with Gasteiger partial charge in [0.2, 0.25) is 5.91 Å². The first kappa shape index (κ1) is 24.2. The number of benzene rings is 1. The van der Waals surface area contributed by atoms with Crippen LogP contribution in [0.2, 0.25) is 5.02 Å². The van der Waals surface area contributed by atoms with Crippen LogP contribution in [0.1, 0.15) is 97.3 Å². The second-order valence-electron chi connectivity index (χ2n) is 12.2. The lowest BCUT2D eigenvalue weighted by Gasteiger charge is -2.50. The molecule has 1 saturated carbocycles. The normalized spacial score (nSPS) is 29.0. The lowest BCUT2D eigenvalue weighted by atomic mass is 9.53. The van der Waals surface area contributed by atoms with Crippen molar-refractivity contribution in [1.82, 2.24) is 15.2 Å². The molecule has 0 spiro atoms. The van der Waals surface area contributed by atoms with E-state index in [1.165, 1.54) is 22.4 Å². The number of aryl methyl sites for hydroxylation is 3. The van der Waals surface area contributed by atoms with Crippen molar-refractivity contribution in [2.75, 3.05) is 5.32 Å². The molecule has 1 aromatic carbocycles. The number of carbonyl (C=O) groups excluding carboxylic acids is 1. The third kappa shape index (κ3) is 3.78. The Morgan fingerprint density at radius 3 is 2.89 bits per heavy atom. The lowest BCUT2D eigenvalue weighted by molar-refractivity contribution is -0.116. The molecule has 3 unspecified atom stereocenters. The van der Waals surface area contributed by atoms with E-state index in [4.69, 9.17) is 16.7 Å². The molecule has 7 heteroatoms. The summed E-state index contributed by atoms with van der Waals surface area (Å²) < 4.78 is 0. The summed E-state index contributed by atoms with van der Waals surface area (Å²) in [6.07, 6.45) is 11.8. The van der Waals surface area contributed by atoms with E-state index in [0.717, 1.165) is 74.1 Å². The molecule has 7 rings (SSSR count). The van der Waals surface area contributed by atoms with E-state index in [1.807, 2.05) is 12.1 Å². The zero-order valence-corrected chi connectivity index (χ0v) is 22.7. The van der Waals surface area contributed by atoms with Crippen molar-refractivity contribution in [2.45, 2.75) is 88.4 Å². The SMILES string of the molecule is C[C@]12CCC3c4ccc(Cl)cc4CCC3C1[C@H](CCC(=O)Nc1cc3c([nH]c1=O)CCCC3)c1c[nH]nc12. The standard InChI is InChI=1S/C31H35ClN4O2/c1-31-13-12-21-20-9-7-19(32)14-17(20)6-8-22(21)28(31)23(24-16-33-36-29(24)31)10-11-27(37)34-26-15-18-4-2-3-5-25(18)35-30(26)38/h7,9,14-16,21-23,28H,2-6,8,10-13H2,1H3,(H,33,36)(H,34,37)(H,35,38)/t21?,22?,23-,28?,31+/m1/s1. The van der Waals surface area contributed by atoms with Gasteiger partial charge in [-0.2, -0.15) is 5.10 Å². The molecular weight excluding hydrogens is 496 g/mol. The number of rotatable bonds is 4. The van der Waals surface area contributed by atoms with Crippen LogP contribution >= 0.6 is 11.6 Å². The Balaban J connectivity index is 1.13. The maximum absolute atomic E-state index is 13.2. The van der Waals surface area contributed by atoms with E-state index in [1.54, 1.807) is 0 Å². The lowest BCUT2D eigenvalue weighted by Crippen LogP contribution is -2.44. The molecule has 2 heterocycles. The summed E-state index contributed by atoms with van der Waals surface area (Å²) in [5.74, 6) is 1.75. The largest absolute Gasteiger partial charge is 0.324 e. The quantitative estimate of drug-likeness (QED) is 0.377. The number of anilines is 1. The monoisotopic (exact) mass is 530 g/mol. The van der Waals surface area contributed by atoms with Gasteiger partial charge in [0.25, 0.3) is 5.56 Å². The van der Waals surface area contributed by atoms with Crippen molar-refractivity contribution in [2.24, 2.45) is 11.8 Å². The Kier molecular flexibility index (Phi) is 5.80. The van der Waals surface area contributed by atoms with Crippen molar-refractivity contribution in [3.8, 4) is 0 Å². The van der Waals surface area contributed by atoms with Gasteiger partial charge >= 0.3 is 0 Å². The molecular formula is C31H35ClN4O2. The first-order chi connectivity index (χ1) is 18.4. The number of fused-ring (bicyclic) bond motifs is 8. The predicted octanol–water partition coefficient (Wildman–Crippen LogP) is 6.16. The third-order valence-corrected chi connectivity index (χ3v) is 10.5. The van der Waals surface area contributed by atoms with E-state index in [0.29, 0.717) is 29.9 Å². The van der Waals surface area contributed by atoms with Crippen LogP contribution in [-0.2, 0) is 29.5 Å². The van der Waals surface area contributed by atoms with Gasteiger partial charge in [0.05, 0.1) is 5.69 Å². The molecule has 0 saturated heterocycles. The minimum atomic E-state index is -0.194. The average molecular weight is 531 g/mol. The van der Waals surface area contributed by atoms with Crippen LogP contribution in [0.25, 0.3) is 0 Å². The molecule has 38 heavy (non-hydrogen) atoms. The van der Waals surface area contributed by atoms with Crippen LogP contribution in [0.15, 0.2) is 35.3 Å². The highest BCUT2D eigenvalue weighted by Crippen LogP contribution is 2.64. The van der Waals surface area contributed by atoms with Gasteiger partial charge in [0, 0.05) is 28.7 Å². The van der Waals surface area contributed by atoms with Gasteiger partial charge in [-0.25, -0.2) is 0 Å². The van der Waals surface area contributed by atoms with Crippen LogP contribution < -0.4 is 10.9 Å². The Morgan fingerprint density at radius 2 is 2.00 bits per heavy atom. The molecule has 0 aliphatic heterocycles. The Labute approximate surface area is 228 Å². The number of aromatic amines is 2. The molecule has 0 radical (unpaired) electrons. The molecule has 3 aromatic rings. The molecule has 6 nitrogen and oxygen atoms in total. The second kappa shape index (κ2) is 9.11. The smallest absolute Gasteiger partial charge is 0.271 e. The summed E-state index contributed by atoms with van der Waals surface area (Å²) in [4.78, 5) is 28.8. The van der Waals surface area contributed by atoms with Crippen LogP contribution in [0.4, 0.5) is 5.69 Å². The number of halogens is 1. The molecule has 1 amide bonds. The number of nitrogens with one attached hydrogen (secondary N) is 3. The number of aromatic nitrogens is 3. The van der Waals surface area contributed by atoms with Crippen molar-refractivity contribution < 1.29 is 4.79 Å². The molecule has 4 aliphatic rings. The van der Waals surface area contributed by atoms with E-state index < -0.39 is 0 Å². The summed E-state index contributed by atoms with van der Waals surface area (Å²) in [5, 5.41) is 11.7. The van der Waals surface area contributed by atoms with Crippen molar-refractivity contribution in [1.29, 1.82) is 0 Å². The fourth-order valence-electron chi connectivity index (χ4n) is 8.65. The molecule has 2 aromatic heterocycles. The maximum atomic E-state index is 13.2. The zero-order valence-electron chi connectivity index (χ0n) is 21.9. The van der Waals surface area contributed by atoms with Crippen LogP contribution in [0.5, 0.6) is 0 Å². The summed E-state index contributed by atoms with van der Waals surface area (Å²) >= 11 is 6.33. The van der Waals surface area contributed by atoms with Crippen LogP contribution in [0, 0.1) is 11.8 Å². The topological polar surface area (TPSA) is 90.6 Å². The minimum absolute atomic E-state index is 0.0250. The van der Waals surface area contributed by atoms with Crippen LogP contribution in [-0.4, -0.2) is 21.1 Å². The first-order valence-electron chi connectivity index (χ1n) is 14.3. The summed E-state index contributed by atoms with van der Waals surface area (Å²) in [7, 11) is 0. The van der Waals surface area contributed by atoms with Crippen molar-refractivity contribution in [3.63, 3.8) is 0 Å². The van der Waals surface area contributed by atoms with E-state index in [2.05, 4.69) is 40.7 Å². The summed E-state index contributed by atoms with van der Waals surface area (Å²) in [6.45, 7) is 2.40. The number of H-pyrrole nitrogens is 2. The van der Waals surface area contributed by atoms with Crippen molar-refractivity contribution in [3.05, 3.63) is 79.5 Å². The molecule has 198 valence electrons. The van der Waals surface area contributed by atoms with Gasteiger partial charge < -0.3 is 10.3 Å². The Hall–Kier alpha value is -2.86. The summed E-state index contributed by atoms with van der Waals surface area (Å²) in [5.41, 5.74) is 7.78. The number of carbonyl (C=O) groups is 1. The van der Waals surface area contributed by atoms with Gasteiger partial charge in [-0.3, -0.25) is 14.7 Å².